The lowest BCUT2D eigenvalue weighted by atomic mass is 9.89. The molecule has 1 aromatic heterocycles. The Labute approximate surface area is 169 Å². The van der Waals surface area contributed by atoms with Gasteiger partial charge in [0.1, 0.15) is 0 Å². The first-order valence-corrected chi connectivity index (χ1v) is 10.3. The summed E-state index contributed by atoms with van der Waals surface area (Å²) in [6.45, 7) is 1.57. The van der Waals surface area contributed by atoms with Gasteiger partial charge in [0.25, 0.3) is 0 Å². The molecular formula is C22H25ClN4O. The van der Waals surface area contributed by atoms with Gasteiger partial charge < -0.3 is 15.6 Å². The third kappa shape index (κ3) is 4.14. The van der Waals surface area contributed by atoms with E-state index in [0.717, 1.165) is 34.1 Å². The molecule has 4 rings (SSSR count). The van der Waals surface area contributed by atoms with Crippen LogP contribution >= 0.6 is 11.6 Å². The summed E-state index contributed by atoms with van der Waals surface area (Å²) in [5.41, 5.74) is 8.85. The van der Waals surface area contributed by atoms with Crippen LogP contribution in [0.4, 0.5) is 5.95 Å². The number of fused-ring (bicyclic) bond motifs is 1. The highest BCUT2D eigenvalue weighted by molar-refractivity contribution is 6.30. The fraction of sp³-hybridized carbons (Fsp3) is 0.364. The average Bonchev–Trinajstić information content (AvgIpc) is 3.04. The average molecular weight is 397 g/mol. The highest BCUT2D eigenvalue weighted by atomic mass is 35.5. The number of hydrogen-bond donors (Lipinski definition) is 2. The Hall–Kier alpha value is -2.53. The van der Waals surface area contributed by atoms with Gasteiger partial charge >= 0.3 is 0 Å². The van der Waals surface area contributed by atoms with Gasteiger partial charge in [-0.05, 0) is 54.7 Å². The molecule has 1 aliphatic carbocycles. The molecule has 0 radical (unpaired) electrons. The van der Waals surface area contributed by atoms with E-state index in [-0.39, 0.29) is 0 Å². The number of anilines is 1. The molecule has 146 valence electrons. The van der Waals surface area contributed by atoms with Crippen molar-refractivity contribution in [3.05, 3.63) is 58.6 Å². The van der Waals surface area contributed by atoms with Gasteiger partial charge in [0, 0.05) is 23.7 Å². The Morgan fingerprint density at radius 2 is 2.00 bits per heavy atom. The number of aromatic nitrogens is 2. The van der Waals surface area contributed by atoms with Crippen molar-refractivity contribution >= 4 is 34.5 Å². The molecule has 1 fully saturated rings. The molecule has 3 N–H and O–H groups in total. The molecule has 3 aromatic rings. The largest absolute Gasteiger partial charge is 0.366 e. The van der Waals surface area contributed by atoms with Crippen LogP contribution in [0.5, 0.6) is 0 Å². The van der Waals surface area contributed by atoms with Crippen molar-refractivity contribution < 1.29 is 4.79 Å². The highest BCUT2D eigenvalue weighted by Gasteiger charge is 2.19. The van der Waals surface area contributed by atoms with Crippen molar-refractivity contribution in [2.75, 3.05) is 5.32 Å². The molecule has 5 nitrogen and oxygen atoms in total. The number of nitrogens with two attached hydrogens (primary N) is 1. The summed E-state index contributed by atoms with van der Waals surface area (Å²) in [6, 6.07) is 13.3. The second-order valence-corrected chi connectivity index (χ2v) is 8.04. The van der Waals surface area contributed by atoms with Gasteiger partial charge in [-0.3, -0.25) is 4.79 Å². The van der Waals surface area contributed by atoms with Crippen molar-refractivity contribution in [3.63, 3.8) is 0 Å². The maximum absolute atomic E-state index is 11.6. The van der Waals surface area contributed by atoms with E-state index in [1.165, 1.54) is 32.1 Å². The Morgan fingerprint density at radius 1 is 1.18 bits per heavy atom. The standard InChI is InChI=1S/C22H25ClN4O/c23-18-8-4-7-16(11-18)13-25-22-26-19-12-17(21(24)28)9-10-20(19)27(22)14-15-5-2-1-3-6-15/h4,7-12,15H,1-3,5-6,13-14H2,(H2,24,28)(H,25,26). The fourth-order valence-electron chi connectivity index (χ4n) is 4.06. The molecule has 0 bridgehead atoms. The van der Waals surface area contributed by atoms with E-state index in [2.05, 4.69) is 9.88 Å². The van der Waals surface area contributed by atoms with Gasteiger partial charge in [0.05, 0.1) is 11.0 Å². The SMILES string of the molecule is NC(=O)c1ccc2c(c1)nc(NCc1cccc(Cl)c1)n2CC1CCCCC1. The molecule has 0 spiro atoms. The van der Waals surface area contributed by atoms with Crippen molar-refractivity contribution in [2.24, 2.45) is 11.7 Å². The summed E-state index contributed by atoms with van der Waals surface area (Å²) < 4.78 is 2.25. The zero-order chi connectivity index (χ0) is 19.5. The van der Waals surface area contributed by atoms with Gasteiger partial charge in [-0.1, -0.05) is 43.0 Å². The van der Waals surface area contributed by atoms with Gasteiger partial charge in [0.2, 0.25) is 11.9 Å². The zero-order valence-corrected chi connectivity index (χ0v) is 16.6. The van der Waals surface area contributed by atoms with Crippen LogP contribution in [-0.4, -0.2) is 15.5 Å². The summed E-state index contributed by atoms with van der Waals surface area (Å²) in [4.78, 5) is 16.3. The molecule has 2 aromatic carbocycles. The van der Waals surface area contributed by atoms with E-state index in [0.29, 0.717) is 18.0 Å². The van der Waals surface area contributed by atoms with Gasteiger partial charge in [-0.15, -0.1) is 0 Å². The predicted octanol–water partition coefficient (Wildman–Crippen LogP) is 4.98. The first kappa shape index (κ1) is 18.8. The van der Waals surface area contributed by atoms with Crippen LogP contribution in [0.15, 0.2) is 42.5 Å². The Kier molecular flexibility index (Phi) is 5.53. The number of nitrogens with zero attached hydrogens (tertiary/aromatic N) is 2. The third-order valence-electron chi connectivity index (χ3n) is 5.54. The van der Waals surface area contributed by atoms with E-state index in [1.54, 1.807) is 12.1 Å². The quantitative estimate of drug-likeness (QED) is 0.617. The number of imidazole rings is 1. The topological polar surface area (TPSA) is 72.9 Å². The number of carbonyl (C=O) groups is 1. The molecule has 1 amide bonds. The Bertz CT molecular complexity index is 991. The van der Waals surface area contributed by atoms with Crippen molar-refractivity contribution in [1.82, 2.24) is 9.55 Å². The second-order valence-electron chi connectivity index (χ2n) is 7.60. The van der Waals surface area contributed by atoms with Crippen molar-refractivity contribution in [3.8, 4) is 0 Å². The number of primary amides is 1. The molecule has 0 atom stereocenters. The highest BCUT2D eigenvalue weighted by Crippen LogP contribution is 2.29. The fourth-order valence-corrected chi connectivity index (χ4v) is 4.27. The number of halogens is 1. The summed E-state index contributed by atoms with van der Waals surface area (Å²) in [7, 11) is 0. The maximum atomic E-state index is 11.6. The molecule has 0 aliphatic heterocycles. The van der Waals surface area contributed by atoms with Crippen LogP contribution in [-0.2, 0) is 13.1 Å². The van der Waals surface area contributed by atoms with E-state index in [1.807, 2.05) is 30.3 Å². The third-order valence-corrected chi connectivity index (χ3v) is 5.77. The molecule has 1 heterocycles. The summed E-state index contributed by atoms with van der Waals surface area (Å²) in [5, 5.41) is 4.18. The van der Waals surface area contributed by atoms with E-state index >= 15 is 0 Å². The van der Waals surface area contributed by atoms with Crippen LogP contribution < -0.4 is 11.1 Å². The molecule has 0 unspecified atom stereocenters. The number of amides is 1. The minimum atomic E-state index is -0.433. The van der Waals surface area contributed by atoms with Gasteiger partial charge in [0.15, 0.2) is 0 Å². The normalized spacial score (nSPS) is 15.0. The predicted molar refractivity (Wildman–Crippen MR) is 114 cm³/mol. The summed E-state index contributed by atoms with van der Waals surface area (Å²) in [5.74, 6) is 1.05. The van der Waals surface area contributed by atoms with Crippen LogP contribution in [0.3, 0.4) is 0 Å². The zero-order valence-electron chi connectivity index (χ0n) is 15.8. The molecule has 0 saturated heterocycles. The van der Waals surface area contributed by atoms with Crippen LogP contribution in [0.1, 0.15) is 48.0 Å². The second kappa shape index (κ2) is 8.23. The first-order chi connectivity index (χ1) is 13.6. The number of rotatable bonds is 6. The van der Waals surface area contributed by atoms with Crippen LogP contribution in [0.25, 0.3) is 11.0 Å². The number of hydrogen-bond acceptors (Lipinski definition) is 3. The molecule has 28 heavy (non-hydrogen) atoms. The van der Waals surface area contributed by atoms with Crippen LogP contribution in [0, 0.1) is 5.92 Å². The molecule has 1 aliphatic rings. The molecule has 6 heteroatoms. The monoisotopic (exact) mass is 396 g/mol. The number of carbonyl (C=O) groups excluding carboxylic acids is 1. The summed E-state index contributed by atoms with van der Waals surface area (Å²) >= 11 is 6.11. The maximum Gasteiger partial charge on any atom is 0.248 e. The van der Waals surface area contributed by atoms with E-state index < -0.39 is 5.91 Å². The lowest BCUT2D eigenvalue weighted by molar-refractivity contribution is 0.100. The van der Waals surface area contributed by atoms with E-state index in [4.69, 9.17) is 22.3 Å². The smallest absolute Gasteiger partial charge is 0.248 e. The number of nitrogens with one attached hydrogen (secondary N) is 1. The minimum Gasteiger partial charge on any atom is -0.366 e. The lowest BCUT2D eigenvalue weighted by Gasteiger charge is -2.23. The van der Waals surface area contributed by atoms with Gasteiger partial charge in [-0.2, -0.15) is 0 Å². The Balaban J connectivity index is 1.65. The van der Waals surface area contributed by atoms with E-state index in [9.17, 15) is 4.79 Å². The van der Waals surface area contributed by atoms with Crippen LogP contribution in [0.2, 0.25) is 5.02 Å². The molecular weight excluding hydrogens is 372 g/mol. The number of benzene rings is 2. The Morgan fingerprint density at radius 3 is 2.75 bits per heavy atom. The van der Waals surface area contributed by atoms with Crippen molar-refractivity contribution in [2.45, 2.75) is 45.2 Å². The van der Waals surface area contributed by atoms with Crippen molar-refractivity contribution in [1.29, 1.82) is 0 Å². The summed E-state index contributed by atoms with van der Waals surface area (Å²) in [6.07, 6.45) is 6.45. The lowest BCUT2D eigenvalue weighted by Crippen LogP contribution is -2.16. The minimum absolute atomic E-state index is 0.433. The molecule has 1 saturated carbocycles. The van der Waals surface area contributed by atoms with Gasteiger partial charge in [-0.25, -0.2) is 4.98 Å². The first-order valence-electron chi connectivity index (χ1n) is 9.88.